The highest BCUT2D eigenvalue weighted by Gasteiger charge is 2.51. The summed E-state index contributed by atoms with van der Waals surface area (Å²) >= 11 is 0. The van der Waals surface area contributed by atoms with Crippen molar-refractivity contribution in [3.63, 3.8) is 0 Å². The monoisotopic (exact) mass is 167 g/mol. The van der Waals surface area contributed by atoms with Crippen LogP contribution in [0.2, 0.25) is 0 Å². The van der Waals surface area contributed by atoms with Gasteiger partial charge in [0.2, 0.25) is 0 Å². The first-order valence-corrected chi connectivity index (χ1v) is 3.72. The first kappa shape index (κ1) is 12.5. The van der Waals surface area contributed by atoms with Crippen LogP contribution in [0.1, 0.15) is 0 Å². The Morgan fingerprint density at radius 1 is 0.643 bits per heavy atom. The molecule has 0 unspecified atom stereocenters. The van der Waals surface area contributed by atoms with Crippen LogP contribution in [0.25, 0.3) is 0 Å². The van der Waals surface area contributed by atoms with E-state index in [1.807, 2.05) is 0 Å². The molecule has 1 N–H and O–H groups in total. The normalized spacial score (nSPS) is 32.0. The topological polar surface area (TPSA) is 21.3 Å². The fourth-order valence-corrected chi connectivity index (χ4v) is 0.986. The summed E-state index contributed by atoms with van der Waals surface area (Å²) in [6, 6.07) is 0. The molecule has 2 nitrogen and oxygen atoms in total. The van der Waals surface area contributed by atoms with Crippen molar-refractivity contribution < 1.29 is 4.74 Å². The highest BCUT2D eigenvalue weighted by atomic mass is 16.5. The maximum Gasteiger partial charge on any atom is 0.0996 e. The van der Waals surface area contributed by atoms with Gasteiger partial charge in [0.05, 0.1) is 62.8 Å². The van der Waals surface area contributed by atoms with E-state index in [4.69, 9.17) is 67.5 Å². The summed E-state index contributed by atoms with van der Waals surface area (Å²) in [6.45, 7) is 0. The van der Waals surface area contributed by atoms with Gasteiger partial charge in [0.1, 0.15) is 0 Å². The second kappa shape index (κ2) is 2.97. The number of ether oxygens (including phenoxy) is 1. The molecule has 1 aliphatic rings. The van der Waals surface area contributed by atoms with Gasteiger partial charge < -0.3 is 10.1 Å². The van der Waals surface area contributed by atoms with Crippen LogP contribution in [0.5, 0.6) is 0 Å². The molecule has 16 radical (unpaired) electrons. The summed E-state index contributed by atoms with van der Waals surface area (Å²) in [7, 11) is 43.6. The highest BCUT2D eigenvalue weighted by molar-refractivity contribution is 6.59. The van der Waals surface area contributed by atoms with E-state index in [2.05, 4.69) is 5.32 Å². The lowest BCUT2D eigenvalue weighted by atomic mass is 9.31. The molecular formula is C4HB8NO. The number of nitrogens with one attached hydrogen (secondary N) is 1. The summed E-state index contributed by atoms with van der Waals surface area (Å²) in [5.41, 5.74) is 0. The lowest BCUT2D eigenvalue weighted by Crippen LogP contribution is -2.85. The fourth-order valence-electron chi connectivity index (χ4n) is 0.986. The standard InChI is InChI=1S/C4HB8NO/c5-1(6)3(9,10)14-4(11,12)2(7,8)13-1/h13H. The Morgan fingerprint density at radius 3 is 1.14 bits per heavy atom. The second-order valence-corrected chi connectivity index (χ2v) is 3.55. The minimum Gasteiger partial charge on any atom is -0.406 e. The third-order valence-corrected chi connectivity index (χ3v) is 2.04. The van der Waals surface area contributed by atoms with Crippen molar-refractivity contribution in [1.82, 2.24) is 5.32 Å². The molecule has 1 aliphatic heterocycles. The van der Waals surface area contributed by atoms with Gasteiger partial charge in [0.25, 0.3) is 0 Å². The zero-order valence-electron chi connectivity index (χ0n) is 7.53. The average molecular weight is 166 g/mol. The second-order valence-electron chi connectivity index (χ2n) is 3.55. The molecule has 52 valence electrons. The van der Waals surface area contributed by atoms with Crippen LogP contribution < -0.4 is 5.32 Å². The van der Waals surface area contributed by atoms with Crippen LogP contribution in [-0.4, -0.2) is 84.2 Å². The summed E-state index contributed by atoms with van der Waals surface area (Å²) in [6.07, 6.45) is 0. The molecule has 0 aliphatic carbocycles. The van der Waals surface area contributed by atoms with Crippen LogP contribution in [-0.2, 0) is 4.74 Å². The van der Waals surface area contributed by atoms with Crippen molar-refractivity contribution in [2.75, 3.05) is 0 Å². The maximum absolute atomic E-state index is 5.47. The van der Waals surface area contributed by atoms with Gasteiger partial charge in [-0.25, -0.2) is 0 Å². The van der Waals surface area contributed by atoms with Gasteiger partial charge in [-0.05, 0) is 21.5 Å². The molecule has 1 heterocycles. The van der Waals surface area contributed by atoms with Crippen molar-refractivity contribution in [3.05, 3.63) is 0 Å². The maximum atomic E-state index is 5.47. The Kier molecular flexibility index (Phi) is 2.66. The van der Waals surface area contributed by atoms with E-state index in [1.165, 1.54) is 0 Å². The van der Waals surface area contributed by atoms with Crippen molar-refractivity contribution in [1.29, 1.82) is 0 Å². The summed E-state index contributed by atoms with van der Waals surface area (Å²) < 4.78 is 4.84. The van der Waals surface area contributed by atoms with Crippen LogP contribution >= 0.6 is 0 Å². The summed E-state index contributed by atoms with van der Waals surface area (Å²) in [4.78, 5) is 0. The number of hydrogen-bond acceptors (Lipinski definition) is 2. The quantitative estimate of drug-likeness (QED) is 0.366. The predicted molar refractivity (Wildman–Crippen MR) is 61.2 cm³/mol. The van der Waals surface area contributed by atoms with Gasteiger partial charge in [-0.2, -0.15) is 0 Å². The van der Waals surface area contributed by atoms with E-state index < -0.39 is 21.5 Å². The molecule has 1 rings (SSSR count). The third-order valence-electron chi connectivity index (χ3n) is 2.04. The van der Waals surface area contributed by atoms with E-state index in [9.17, 15) is 0 Å². The third kappa shape index (κ3) is 1.76. The summed E-state index contributed by atoms with van der Waals surface area (Å²) in [5, 5.41) is -5.43. The van der Waals surface area contributed by atoms with Gasteiger partial charge in [-0.3, -0.25) is 0 Å². The van der Waals surface area contributed by atoms with Gasteiger partial charge in [0.15, 0.2) is 0 Å². The fraction of sp³-hybridized carbons (Fsp3) is 1.00. The number of morpholine rings is 1. The molecule has 1 saturated heterocycles. The Morgan fingerprint density at radius 2 is 0.929 bits per heavy atom. The van der Waals surface area contributed by atoms with E-state index in [-0.39, 0.29) is 0 Å². The molecule has 0 aromatic rings. The average Bonchev–Trinajstić information content (AvgIpc) is 1.78. The molecule has 14 heavy (non-hydrogen) atoms. The van der Waals surface area contributed by atoms with Crippen molar-refractivity contribution in [2.45, 2.75) is 21.5 Å². The van der Waals surface area contributed by atoms with Gasteiger partial charge in [-0.15, -0.1) is 0 Å². The molecule has 1 fully saturated rings. The van der Waals surface area contributed by atoms with Crippen LogP contribution in [0, 0.1) is 0 Å². The van der Waals surface area contributed by atoms with E-state index >= 15 is 0 Å². The zero-order chi connectivity index (χ0) is 11.4. The lowest BCUT2D eigenvalue weighted by molar-refractivity contribution is -0.0416. The Bertz CT molecular complexity index is 200. The van der Waals surface area contributed by atoms with Crippen molar-refractivity contribution in [2.24, 2.45) is 0 Å². The first-order chi connectivity index (χ1) is 5.91. The smallest absolute Gasteiger partial charge is 0.0996 e. The molecule has 10 heteroatoms. The van der Waals surface area contributed by atoms with Gasteiger partial charge >= 0.3 is 0 Å². The molecule has 0 saturated carbocycles. The summed E-state index contributed by atoms with van der Waals surface area (Å²) in [5.74, 6) is 0. The van der Waals surface area contributed by atoms with Crippen LogP contribution in [0.4, 0.5) is 0 Å². The van der Waals surface area contributed by atoms with Crippen LogP contribution in [0.15, 0.2) is 0 Å². The van der Waals surface area contributed by atoms with Crippen LogP contribution in [0.3, 0.4) is 0 Å². The Labute approximate surface area is 94.7 Å². The zero-order valence-corrected chi connectivity index (χ0v) is 7.53. The lowest BCUT2D eigenvalue weighted by Gasteiger charge is -2.64. The first-order valence-electron chi connectivity index (χ1n) is 3.72. The molecule has 0 spiro atoms. The highest BCUT2D eigenvalue weighted by Crippen LogP contribution is 2.31. The molecule has 0 atom stereocenters. The minimum atomic E-state index is -2.00. The molecule has 0 bridgehead atoms. The Hall–Kier alpha value is 0.439. The molecule has 0 aromatic carbocycles. The largest absolute Gasteiger partial charge is 0.406 e. The minimum absolute atomic E-state index is 1.86. The molecule has 0 amide bonds. The van der Waals surface area contributed by atoms with Gasteiger partial charge in [0, 0.05) is 0 Å². The predicted octanol–water partition coefficient (Wildman–Crippen LogP) is -4.43. The SMILES string of the molecule is [B]C1([B])NC([B])([B])C([B])([B])OC1([B])[B]. The van der Waals surface area contributed by atoms with E-state index in [1.54, 1.807) is 0 Å². The number of rotatable bonds is 0. The van der Waals surface area contributed by atoms with Gasteiger partial charge in [-0.1, -0.05) is 0 Å². The number of hydrogen-bond donors (Lipinski definition) is 1. The Balaban J connectivity index is 3.07. The van der Waals surface area contributed by atoms with Crippen molar-refractivity contribution in [3.8, 4) is 0 Å². The van der Waals surface area contributed by atoms with Crippen molar-refractivity contribution >= 4 is 62.8 Å². The van der Waals surface area contributed by atoms with E-state index in [0.29, 0.717) is 0 Å². The molecule has 0 aromatic heterocycles. The van der Waals surface area contributed by atoms with E-state index in [0.717, 1.165) is 0 Å². The molecular weight excluding hydrogens is 165 g/mol.